The van der Waals surface area contributed by atoms with Crippen LogP contribution in [0.2, 0.25) is 0 Å². The summed E-state index contributed by atoms with van der Waals surface area (Å²) in [6, 6.07) is 17.1. The number of fused-ring (bicyclic) bond motifs is 1. The molecule has 0 fully saturated rings. The van der Waals surface area contributed by atoms with Crippen LogP contribution in [0.5, 0.6) is 5.75 Å². The number of hydrogen-bond donors (Lipinski definition) is 2. The predicted molar refractivity (Wildman–Crippen MR) is 109 cm³/mol. The Kier molecular flexibility index (Phi) is 4.84. The standard InChI is InChI=1S/C22H18N4O2/c1-2-21(27)24-19-8-4-3-7-17(19)22-18-12-16(9-10-20(18)25-26-22)28-14-15-6-5-11-23-13-15/h2-13H,1,14H2,(H,24,27)(H,25,26). The van der Waals surface area contributed by atoms with Crippen LogP contribution in [-0.4, -0.2) is 21.1 Å². The molecular formula is C22H18N4O2. The first-order valence-corrected chi connectivity index (χ1v) is 8.77. The summed E-state index contributed by atoms with van der Waals surface area (Å²) in [7, 11) is 0. The van der Waals surface area contributed by atoms with E-state index in [1.54, 1.807) is 12.4 Å². The molecule has 0 aliphatic rings. The van der Waals surface area contributed by atoms with Gasteiger partial charge in [0.15, 0.2) is 0 Å². The van der Waals surface area contributed by atoms with Crippen molar-refractivity contribution in [2.45, 2.75) is 6.61 Å². The van der Waals surface area contributed by atoms with E-state index in [9.17, 15) is 4.79 Å². The topological polar surface area (TPSA) is 79.9 Å². The quantitative estimate of drug-likeness (QED) is 0.495. The van der Waals surface area contributed by atoms with Gasteiger partial charge in [-0.2, -0.15) is 5.10 Å². The molecule has 0 aliphatic carbocycles. The zero-order valence-electron chi connectivity index (χ0n) is 15.1. The van der Waals surface area contributed by atoms with Crippen LogP contribution in [-0.2, 0) is 11.4 Å². The highest BCUT2D eigenvalue weighted by Gasteiger charge is 2.14. The second kappa shape index (κ2) is 7.75. The number of ether oxygens (including phenoxy) is 1. The third-order valence-corrected chi connectivity index (χ3v) is 4.29. The van der Waals surface area contributed by atoms with Crippen LogP contribution in [0, 0.1) is 0 Å². The average molecular weight is 370 g/mol. The van der Waals surface area contributed by atoms with Gasteiger partial charge < -0.3 is 10.1 Å². The van der Waals surface area contributed by atoms with Crippen LogP contribution in [0.4, 0.5) is 5.69 Å². The number of rotatable bonds is 6. The van der Waals surface area contributed by atoms with E-state index in [-0.39, 0.29) is 5.91 Å². The normalized spacial score (nSPS) is 10.6. The zero-order valence-corrected chi connectivity index (χ0v) is 15.1. The van der Waals surface area contributed by atoms with Crippen molar-refractivity contribution in [2.24, 2.45) is 0 Å². The minimum Gasteiger partial charge on any atom is -0.489 e. The number of hydrogen-bond acceptors (Lipinski definition) is 4. The molecule has 0 atom stereocenters. The molecule has 2 heterocycles. The lowest BCUT2D eigenvalue weighted by Gasteiger charge is -2.09. The van der Waals surface area contributed by atoms with Crippen molar-refractivity contribution in [3.63, 3.8) is 0 Å². The molecule has 4 rings (SSSR count). The smallest absolute Gasteiger partial charge is 0.247 e. The third-order valence-electron chi connectivity index (χ3n) is 4.29. The van der Waals surface area contributed by atoms with Crippen molar-refractivity contribution in [3.05, 3.63) is 85.2 Å². The first-order valence-electron chi connectivity index (χ1n) is 8.77. The summed E-state index contributed by atoms with van der Waals surface area (Å²) < 4.78 is 5.91. The number of anilines is 1. The Morgan fingerprint density at radius 3 is 2.89 bits per heavy atom. The Morgan fingerprint density at radius 2 is 2.07 bits per heavy atom. The molecule has 0 unspecified atom stereocenters. The first-order chi connectivity index (χ1) is 13.7. The number of nitrogens with zero attached hydrogens (tertiary/aromatic N) is 2. The second-order valence-corrected chi connectivity index (χ2v) is 6.17. The maximum Gasteiger partial charge on any atom is 0.247 e. The minimum atomic E-state index is -0.271. The monoisotopic (exact) mass is 370 g/mol. The van der Waals surface area contributed by atoms with E-state index in [1.165, 1.54) is 6.08 Å². The summed E-state index contributed by atoms with van der Waals surface area (Å²) >= 11 is 0. The van der Waals surface area contributed by atoms with Crippen molar-refractivity contribution < 1.29 is 9.53 Å². The van der Waals surface area contributed by atoms with Gasteiger partial charge in [-0.3, -0.25) is 14.9 Å². The summed E-state index contributed by atoms with van der Waals surface area (Å²) in [5, 5.41) is 11.2. The summed E-state index contributed by atoms with van der Waals surface area (Å²) in [6.45, 7) is 3.93. The van der Waals surface area contributed by atoms with Gasteiger partial charge in [0.2, 0.25) is 5.91 Å². The molecule has 0 bridgehead atoms. The molecule has 2 aromatic heterocycles. The Balaban J connectivity index is 1.67. The summed E-state index contributed by atoms with van der Waals surface area (Å²) in [6.07, 6.45) is 4.75. The number of carbonyl (C=O) groups is 1. The fourth-order valence-electron chi connectivity index (χ4n) is 2.92. The molecule has 138 valence electrons. The Labute approximate surface area is 161 Å². The molecule has 0 saturated carbocycles. The lowest BCUT2D eigenvalue weighted by atomic mass is 10.1. The average Bonchev–Trinajstić information content (AvgIpc) is 3.16. The van der Waals surface area contributed by atoms with Gasteiger partial charge in [-0.25, -0.2) is 0 Å². The molecule has 2 aromatic carbocycles. The number of aromatic nitrogens is 3. The highest BCUT2D eigenvalue weighted by molar-refractivity contribution is 6.04. The van der Waals surface area contributed by atoms with Crippen molar-refractivity contribution in [1.82, 2.24) is 15.2 Å². The molecule has 0 spiro atoms. The van der Waals surface area contributed by atoms with Gasteiger partial charge in [0.05, 0.1) is 11.2 Å². The fraction of sp³-hybridized carbons (Fsp3) is 0.0455. The number of para-hydroxylation sites is 1. The van der Waals surface area contributed by atoms with E-state index < -0.39 is 0 Å². The number of nitrogens with one attached hydrogen (secondary N) is 2. The van der Waals surface area contributed by atoms with E-state index in [0.29, 0.717) is 12.3 Å². The fourth-order valence-corrected chi connectivity index (χ4v) is 2.92. The Hall–Kier alpha value is -3.93. The molecule has 1 amide bonds. The van der Waals surface area contributed by atoms with Gasteiger partial charge in [0.25, 0.3) is 0 Å². The maximum absolute atomic E-state index is 11.8. The largest absolute Gasteiger partial charge is 0.489 e. The molecule has 0 aliphatic heterocycles. The van der Waals surface area contributed by atoms with Gasteiger partial charge in [0.1, 0.15) is 18.1 Å². The van der Waals surface area contributed by atoms with E-state index >= 15 is 0 Å². The van der Waals surface area contributed by atoms with Gasteiger partial charge in [-0.1, -0.05) is 30.8 Å². The molecule has 4 aromatic rings. The molecule has 0 saturated heterocycles. The van der Waals surface area contributed by atoms with Crippen LogP contribution in [0.25, 0.3) is 22.2 Å². The molecular weight excluding hydrogens is 352 g/mol. The SMILES string of the molecule is C=CC(=O)Nc1ccccc1-c1n[nH]c2ccc(OCc3cccnc3)cc12. The summed E-state index contributed by atoms with van der Waals surface area (Å²) in [4.78, 5) is 15.9. The van der Waals surface area contributed by atoms with Crippen LogP contribution in [0.1, 0.15) is 5.56 Å². The lowest BCUT2D eigenvalue weighted by molar-refractivity contribution is -0.111. The van der Waals surface area contributed by atoms with Crippen molar-refractivity contribution >= 4 is 22.5 Å². The third kappa shape index (κ3) is 3.61. The van der Waals surface area contributed by atoms with Crippen molar-refractivity contribution in [1.29, 1.82) is 0 Å². The van der Waals surface area contributed by atoms with Gasteiger partial charge >= 0.3 is 0 Å². The van der Waals surface area contributed by atoms with Gasteiger partial charge in [-0.15, -0.1) is 0 Å². The number of amides is 1. The highest BCUT2D eigenvalue weighted by atomic mass is 16.5. The van der Waals surface area contributed by atoms with Gasteiger partial charge in [-0.05, 0) is 36.4 Å². The summed E-state index contributed by atoms with van der Waals surface area (Å²) in [5.41, 5.74) is 4.10. The lowest BCUT2D eigenvalue weighted by Crippen LogP contribution is -2.08. The highest BCUT2D eigenvalue weighted by Crippen LogP contribution is 2.33. The van der Waals surface area contributed by atoms with Crippen LogP contribution >= 0.6 is 0 Å². The predicted octanol–water partition coefficient (Wildman–Crippen LogP) is 4.33. The first kappa shape index (κ1) is 17.5. The molecule has 2 N–H and O–H groups in total. The van der Waals surface area contributed by atoms with E-state index in [2.05, 4.69) is 27.1 Å². The van der Waals surface area contributed by atoms with E-state index in [1.807, 2.05) is 54.6 Å². The van der Waals surface area contributed by atoms with Crippen molar-refractivity contribution in [2.75, 3.05) is 5.32 Å². The molecule has 6 nitrogen and oxygen atoms in total. The number of H-pyrrole nitrogens is 1. The molecule has 6 heteroatoms. The minimum absolute atomic E-state index is 0.271. The van der Waals surface area contributed by atoms with Gasteiger partial charge in [0, 0.05) is 28.9 Å². The second-order valence-electron chi connectivity index (χ2n) is 6.17. The number of benzene rings is 2. The van der Waals surface area contributed by atoms with Crippen LogP contribution < -0.4 is 10.1 Å². The molecule has 0 radical (unpaired) electrons. The van der Waals surface area contributed by atoms with E-state index in [0.717, 1.165) is 33.5 Å². The van der Waals surface area contributed by atoms with Crippen LogP contribution in [0.3, 0.4) is 0 Å². The summed E-state index contributed by atoms with van der Waals surface area (Å²) in [5.74, 6) is 0.458. The van der Waals surface area contributed by atoms with Crippen molar-refractivity contribution in [3.8, 4) is 17.0 Å². The van der Waals surface area contributed by atoms with Crippen LogP contribution in [0.15, 0.2) is 79.6 Å². The van der Waals surface area contributed by atoms with E-state index in [4.69, 9.17) is 4.74 Å². The maximum atomic E-state index is 11.8. The number of pyridine rings is 1. The molecule has 28 heavy (non-hydrogen) atoms. The number of aromatic amines is 1. The Morgan fingerprint density at radius 1 is 1.18 bits per heavy atom. The zero-order chi connectivity index (χ0) is 19.3. The number of carbonyl (C=O) groups excluding carboxylic acids is 1. The Bertz CT molecular complexity index is 1140.